The van der Waals surface area contributed by atoms with Gasteiger partial charge in [0.05, 0.1) is 5.52 Å². The number of rotatable bonds is 2. The summed E-state index contributed by atoms with van der Waals surface area (Å²) < 4.78 is 6.32. The molecule has 3 aromatic carbocycles. The van der Waals surface area contributed by atoms with Crippen LogP contribution in [0, 0.1) is 27.7 Å². The molecule has 150 valence electrons. The molecule has 0 atom stereocenters. The Morgan fingerprint density at radius 2 is 1.27 bits per heavy atom. The molecule has 0 unspecified atom stereocenters. The molecule has 5 rings (SSSR count). The van der Waals surface area contributed by atoms with E-state index in [1.165, 1.54) is 13.8 Å². The minimum atomic E-state index is -0.133. The first-order valence-electron chi connectivity index (χ1n) is 10.1. The number of carbonyl (C=O) groups excluding carboxylic acids is 2. The van der Waals surface area contributed by atoms with Crippen molar-refractivity contribution in [3.8, 4) is 0 Å². The third-order valence-corrected chi connectivity index (χ3v) is 6.40. The lowest BCUT2D eigenvalue weighted by molar-refractivity contribution is 0.0983. The second-order valence-electron chi connectivity index (χ2n) is 8.46. The molecule has 0 aliphatic carbocycles. The minimum Gasteiger partial charge on any atom is -0.454 e. The number of nitrogens with one attached hydrogen (secondary N) is 1. The minimum absolute atomic E-state index is 0.121. The zero-order valence-corrected chi connectivity index (χ0v) is 18.0. The second-order valence-corrected chi connectivity index (χ2v) is 8.46. The number of aryl methyl sites for hydroxylation is 4. The van der Waals surface area contributed by atoms with Gasteiger partial charge in [0.15, 0.2) is 17.1 Å². The van der Waals surface area contributed by atoms with Gasteiger partial charge in [-0.25, -0.2) is 0 Å². The highest BCUT2D eigenvalue weighted by atomic mass is 16.3. The monoisotopic (exact) mass is 397 g/mol. The van der Waals surface area contributed by atoms with Crippen molar-refractivity contribution in [3.05, 3.63) is 57.6 Å². The van der Waals surface area contributed by atoms with Crippen molar-refractivity contribution in [2.45, 2.75) is 41.5 Å². The van der Waals surface area contributed by atoms with Gasteiger partial charge in [-0.05, 0) is 88.1 Å². The van der Waals surface area contributed by atoms with Crippen LogP contribution >= 0.6 is 0 Å². The van der Waals surface area contributed by atoms with E-state index in [-0.39, 0.29) is 11.6 Å². The first-order chi connectivity index (χ1) is 14.2. The number of furan rings is 1. The van der Waals surface area contributed by atoms with E-state index in [9.17, 15) is 9.59 Å². The van der Waals surface area contributed by atoms with E-state index in [2.05, 4.69) is 37.0 Å². The molecular weight excluding hydrogens is 374 g/mol. The molecule has 1 N–H and O–H groups in total. The van der Waals surface area contributed by atoms with Gasteiger partial charge in [0, 0.05) is 38.2 Å². The average molecular weight is 397 g/mol. The molecule has 0 aliphatic heterocycles. The van der Waals surface area contributed by atoms with Crippen LogP contribution in [0.15, 0.2) is 28.7 Å². The van der Waals surface area contributed by atoms with Gasteiger partial charge in [0.2, 0.25) is 0 Å². The number of fused-ring (bicyclic) bond motifs is 7. The summed E-state index contributed by atoms with van der Waals surface area (Å²) in [6.45, 7) is 11.3. The van der Waals surface area contributed by atoms with Crippen LogP contribution < -0.4 is 0 Å². The van der Waals surface area contributed by atoms with Crippen LogP contribution in [-0.2, 0) is 0 Å². The van der Waals surface area contributed by atoms with E-state index in [4.69, 9.17) is 4.42 Å². The average Bonchev–Trinajstić information content (AvgIpc) is 3.19. The maximum atomic E-state index is 12.9. The van der Waals surface area contributed by atoms with E-state index < -0.39 is 0 Å². The number of Topliss-reactive ketones (excluding diaryl/α,β-unsaturated/α-hetero) is 2. The fourth-order valence-corrected chi connectivity index (χ4v) is 4.62. The summed E-state index contributed by atoms with van der Waals surface area (Å²) in [5.41, 5.74) is 8.53. The Morgan fingerprint density at radius 3 is 1.90 bits per heavy atom. The highest BCUT2D eigenvalue weighted by molar-refractivity contribution is 6.33. The van der Waals surface area contributed by atoms with Gasteiger partial charge < -0.3 is 9.40 Å². The largest absolute Gasteiger partial charge is 0.454 e. The van der Waals surface area contributed by atoms with Gasteiger partial charge >= 0.3 is 0 Å². The predicted molar refractivity (Wildman–Crippen MR) is 122 cm³/mol. The number of hydrogen-bond acceptors (Lipinski definition) is 3. The normalized spacial score (nSPS) is 11.9. The lowest BCUT2D eigenvalue weighted by Crippen LogP contribution is -2.06. The molecule has 30 heavy (non-hydrogen) atoms. The van der Waals surface area contributed by atoms with Crippen LogP contribution in [0.25, 0.3) is 43.7 Å². The predicted octanol–water partition coefficient (Wildman–Crippen LogP) is 6.86. The van der Waals surface area contributed by atoms with E-state index in [0.29, 0.717) is 16.7 Å². The molecule has 2 heterocycles. The number of benzene rings is 3. The van der Waals surface area contributed by atoms with Crippen molar-refractivity contribution in [1.29, 1.82) is 0 Å². The van der Waals surface area contributed by atoms with Crippen molar-refractivity contribution >= 4 is 55.3 Å². The molecule has 0 amide bonds. The summed E-state index contributed by atoms with van der Waals surface area (Å²) in [4.78, 5) is 29.3. The molecule has 0 spiro atoms. The van der Waals surface area contributed by atoms with Crippen LogP contribution in [0.1, 0.15) is 56.8 Å². The Bertz CT molecular complexity index is 1460. The van der Waals surface area contributed by atoms with Gasteiger partial charge in [-0.3, -0.25) is 9.59 Å². The summed E-state index contributed by atoms with van der Waals surface area (Å²) in [6, 6.07) is 8.23. The first-order valence-corrected chi connectivity index (χ1v) is 10.1. The molecule has 0 fully saturated rings. The lowest BCUT2D eigenvalue weighted by Gasteiger charge is -2.09. The van der Waals surface area contributed by atoms with Crippen molar-refractivity contribution in [1.82, 2.24) is 4.98 Å². The molecule has 2 aromatic heterocycles. The summed E-state index contributed by atoms with van der Waals surface area (Å²) in [5, 5.41) is 3.30. The van der Waals surface area contributed by atoms with Gasteiger partial charge in [-0.15, -0.1) is 0 Å². The Hall–Kier alpha value is -3.40. The molecule has 5 aromatic rings. The quantitative estimate of drug-likeness (QED) is 0.331. The highest BCUT2D eigenvalue weighted by Crippen LogP contribution is 2.43. The van der Waals surface area contributed by atoms with E-state index in [0.717, 1.165) is 60.4 Å². The van der Waals surface area contributed by atoms with Crippen LogP contribution in [0.4, 0.5) is 0 Å². The molecule has 0 bridgehead atoms. The Balaban J connectivity index is 2.17. The first kappa shape index (κ1) is 18.6. The standard InChI is InChI=1S/C26H23NO3/c1-11-7-17-19(9-13(11)3)27-25-23(17)21(15(5)28)22(16(6)29)24-18-8-12(2)14(4)10-20(18)30-26(24)25/h7-10,27H,1-6H3. The van der Waals surface area contributed by atoms with E-state index >= 15 is 0 Å². The third-order valence-electron chi connectivity index (χ3n) is 6.40. The van der Waals surface area contributed by atoms with Gasteiger partial charge in [-0.1, -0.05) is 0 Å². The van der Waals surface area contributed by atoms with Crippen molar-refractivity contribution in [2.75, 3.05) is 0 Å². The number of aromatic nitrogens is 1. The zero-order chi connectivity index (χ0) is 21.5. The van der Waals surface area contributed by atoms with Crippen LogP contribution in [0.3, 0.4) is 0 Å². The Kier molecular flexibility index (Phi) is 3.75. The summed E-state index contributed by atoms with van der Waals surface area (Å²) in [6.07, 6.45) is 0. The van der Waals surface area contributed by atoms with Gasteiger partial charge in [0.25, 0.3) is 0 Å². The lowest BCUT2D eigenvalue weighted by atomic mass is 9.90. The maximum absolute atomic E-state index is 12.9. The topological polar surface area (TPSA) is 63.1 Å². The number of aromatic amines is 1. The molecule has 0 saturated heterocycles. The number of carbonyl (C=O) groups is 2. The SMILES string of the molecule is CC(=O)c1c(C(C)=O)c2c3cc(C)c(C)cc3oc2c2[nH]c3cc(C)c(C)cc3c12. The van der Waals surface area contributed by atoms with Crippen LogP contribution in [0.5, 0.6) is 0 Å². The Morgan fingerprint density at radius 1 is 0.733 bits per heavy atom. The molecular formula is C26H23NO3. The number of H-pyrrole nitrogens is 1. The molecule has 0 radical (unpaired) electrons. The number of ketones is 2. The molecule has 0 saturated carbocycles. The van der Waals surface area contributed by atoms with Crippen molar-refractivity contribution in [2.24, 2.45) is 0 Å². The second kappa shape index (κ2) is 6.05. The van der Waals surface area contributed by atoms with Crippen molar-refractivity contribution < 1.29 is 14.0 Å². The fourth-order valence-electron chi connectivity index (χ4n) is 4.62. The van der Waals surface area contributed by atoms with Gasteiger partial charge in [0.1, 0.15) is 5.58 Å². The number of hydrogen-bond donors (Lipinski definition) is 1. The molecule has 4 nitrogen and oxygen atoms in total. The Labute approximate surface area is 173 Å². The van der Waals surface area contributed by atoms with Crippen molar-refractivity contribution in [3.63, 3.8) is 0 Å². The maximum Gasteiger partial charge on any atom is 0.161 e. The zero-order valence-electron chi connectivity index (χ0n) is 18.0. The van der Waals surface area contributed by atoms with Gasteiger partial charge in [-0.2, -0.15) is 0 Å². The molecule has 0 aliphatic rings. The summed E-state index contributed by atoms with van der Waals surface area (Å²) >= 11 is 0. The highest BCUT2D eigenvalue weighted by Gasteiger charge is 2.27. The fraction of sp³-hybridized carbons (Fsp3) is 0.231. The van der Waals surface area contributed by atoms with E-state index in [1.54, 1.807) is 0 Å². The summed E-state index contributed by atoms with van der Waals surface area (Å²) in [7, 11) is 0. The smallest absolute Gasteiger partial charge is 0.161 e. The van der Waals surface area contributed by atoms with Crippen LogP contribution in [-0.4, -0.2) is 16.6 Å². The summed E-state index contributed by atoms with van der Waals surface area (Å²) in [5.74, 6) is -0.254. The van der Waals surface area contributed by atoms with Crippen LogP contribution in [0.2, 0.25) is 0 Å². The van der Waals surface area contributed by atoms with E-state index in [1.807, 2.05) is 19.9 Å². The third kappa shape index (κ3) is 2.34. The molecule has 4 heteroatoms.